The lowest BCUT2D eigenvalue weighted by molar-refractivity contribution is -0.153. The molecule has 3 unspecified atom stereocenters. The Morgan fingerprint density at radius 2 is 0.839 bits per heavy atom. The topological polar surface area (TPSA) is 149 Å². The third kappa shape index (κ3) is 38.8. The lowest BCUT2D eigenvalue weighted by Gasteiger charge is -2.20. The Morgan fingerprint density at radius 1 is 0.500 bits per heavy atom. The molecule has 0 aromatic carbocycles. The molecular formula is C45H81O10P. The van der Waals surface area contributed by atoms with Gasteiger partial charge in [-0.25, -0.2) is 4.57 Å². The second-order valence-electron chi connectivity index (χ2n) is 14.7. The number of phosphoric ester groups is 1. The normalized spacial score (nSPS) is 14.3. The molecule has 56 heavy (non-hydrogen) atoms. The van der Waals surface area contributed by atoms with E-state index in [2.05, 4.69) is 62.5 Å². The van der Waals surface area contributed by atoms with Gasteiger partial charge in [-0.15, -0.1) is 0 Å². The molecule has 0 radical (unpaired) electrons. The highest BCUT2D eigenvalue weighted by atomic mass is 31.2. The summed E-state index contributed by atoms with van der Waals surface area (Å²) in [5.41, 5.74) is 0. The summed E-state index contributed by atoms with van der Waals surface area (Å²) in [5, 5.41) is 19.2. The van der Waals surface area contributed by atoms with Gasteiger partial charge in [0, 0.05) is 12.8 Å². The van der Waals surface area contributed by atoms with Crippen LogP contribution in [0.2, 0.25) is 0 Å². The van der Waals surface area contributed by atoms with Gasteiger partial charge in [-0.1, -0.05) is 172 Å². The van der Waals surface area contributed by atoms with E-state index in [0.29, 0.717) is 12.8 Å². The lowest BCUT2D eigenvalue weighted by atomic mass is 10.0. The second-order valence-corrected chi connectivity index (χ2v) is 16.1. The molecule has 3 N–H and O–H groups in total. The van der Waals surface area contributed by atoms with Gasteiger partial charge in [0.1, 0.15) is 12.2 Å². The van der Waals surface area contributed by atoms with E-state index in [1.165, 1.54) is 77.0 Å². The molecule has 0 spiro atoms. The van der Waals surface area contributed by atoms with Crippen molar-refractivity contribution in [2.75, 3.05) is 26.4 Å². The van der Waals surface area contributed by atoms with Gasteiger partial charge in [0.2, 0.25) is 0 Å². The van der Waals surface area contributed by atoms with Crippen LogP contribution in [0.5, 0.6) is 0 Å². The van der Waals surface area contributed by atoms with Crippen LogP contribution in [-0.2, 0) is 32.7 Å². The van der Waals surface area contributed by atoms with Crippen molar-refractivity contribution >= 4 is 19.8 Å². The predicted molar refractivity (Wildman–Crippen MR) is 228 cm³/mol. The van der Waals surface area contributed by atoms with Crippen molar-refractivity contribution in [3.63, 3.8) is 0 Å². The molecule has 10 nitrogen and oxygen atoms in total. The Balaban J connectivity index is 3.91. The maximum Gasteiger partial charge on any atom is 0.472 e. The SMILES string of the molecule is CC/C=C\C/C=C\C/C=C\C/C=C\CCCCCCCCCCC(=O)OC(CO)COP(=O)(O)OCC(CO)OC(=O)CCCCCCCCCCCCCC. The van der Waals surface area contributed by atoms with E-state index in [1.807, 2.05) is 0 Å². The second kappa shape index (κ2) is 41.1. The summed E-state index contributed by atoms with van der Waals surface area (Å²) in [7, 11) is -4.64. The Morgan fingerprint density at radius 3 is 1.21 bits per heavy atom. The largest absolute Gasteiger partial charge is 0.472 e. The van der Waals surface area contributed by atoms with Gasteiger partial charge < -0.3 is 24.6 Å². The Hall–Kier alpha value is -2.07. The lowest BCUT2D eigenvalue weighted by Crippen LogP contribution is -2.28. The average Bonchev–Trinajstić information content (AvgIpc) is 3.19. The van der Waals surface area contributed by atoms with Crippen molar-refractivity contribution in [1.29, 1.82) is 0 Å². The van der Waals surface area contributed by atoms with Crippen LogP contribution in [0, 0.1) is 0 Å². The number of aliphatic hydroxyl groups excluding tert-OH is 2. The Labute approximate surface area is 341 Å². The summed E-state index contributed by atoms with van der Waals surface area (Å²) in [6.45, 7) is 2.08. The summed E-state index contributed by atoms with van der Waals surface area (Å²) in [5.74, 6) is -1.03. The highest BCUT2D eigenvalue weighted by Gasteiger charge is 2.27. The zero-order chi connectivity index (χ0) is 41.2. The zero-order valence-electron chi connectivity index (χ0n) is 35.3. The van der Waals surface area contributed by atoms with Crippen LogP contribution in [0.1, 0.15) is 187 Å². The van der Waals surface area contributed by atoms with Gasteiger partial charge in [0.05, 0.1) is 26.4 Å². The molecule has 0 aromatic heterocycles. The first-order valence-electron chi connectivity index (χ1n) is 22.1. The van der Waals surface area contributed by atoms with Crippen LogP contribution in [0.15, 0.2) is 48.6 Å². The number of esters is 2. The number of phosphoric acid groups is 1. The predicted octanol–water partition coefficient (Wildman–Crippen LogP) is 11.7. The number of ether oxygens (including phenoxy) is 2. The molecule has 0 aliphatic carbocycles. The Kier molecular flexibility index (Phi) is 39.6. The third-order valence-corrected chi connectivity index (χ3v) is 10.3. The smallest absolute Gasteiger partial charge is 0.457 e. The van der Waals surface area contributed by atoms with Crippen LogP contribution >= 0.6 is 7.82 Å². The van der Waals surface area contributed by atoms with E-state index in [4.69, 9.17) is 18.5 Å². The van der Waals surface area contributed by atoms with Crippen molar-refractivity contribution in [2.24, 2.45) is 0 Å². The van der Waals surface area contributed by atoms with Crippen LogP contribution < -0.4 is 0 Å². The molecule has 11 heteroatoms. The summed E-state index contributed by atoms with van der Waals surface area (Å²) in [6, 6.07) is 0. The van der Waals surface area contributed by atoms with E-state index in [1.54, 1.807) is 0 Å². The van der Waals surface area contributed by atoms with E-state index in [9.17, 15) is 29.3 Å². The number of unbranched alkanes of at least 4 members (excludes halogenated alkanes) is 19. The molecular weight excluding hydrogens is 731 g/mol. The zero-order valence-corrected chi connectivity index (χ0v) is 36.2. The number of rotatable bonds is 41. The number of allylic oxidation sites excluding steroid dienone is 8. The maximum atomic E-state index is 12.4. The van der Waals surface area contributed by atoms with E-state index >= 15 is 0 Å². The molecule has 0 heterocycles. The number of carbonyl (C=O) groups is 2. The minimum Gasteiger partial charge on any atom is -0.457 e. The quantitative estimate of drug-likeness (QED) is 0.0236. The molecule has 3 atom stereocenters. The molecule has 0 fully saturated rings. The minimum absolute atomic E-state index is 0.182. The number of carbonyl (C=O) groups excluding carboxylic acids is 2. The molecule has 326 valence electrons. The van der Waals surface area contributed by atoms with Gasteiger partial charge in [0.25, 0.3) is 0 Å². The number of hydrogen-bond acceptors (Lipinski definition) is 9. The monoisotopic (exact) mass is 813 g/mol. The summed E-state index contributed by atoms with van der Waals surface area (Å²) in [6.07, 6.45) is 43.7. The Bertz CT molecular complexity index is 1070. The molecule has 0 saturated heterocycles. The number of aliphatic hydroxyl groups is 2. The van der Waals surface area contributed by atoms with Crippen LogP contribution in [0.25, 0.3) is 0 Å². The van der Waals surface area contributed by atoms with E-state index < -0.39 is 58.4 Å². The summed E-state index contributed by atoms with van der Waals surface area (Å²) < 4.78 is 32.6. The summed E-state index contributed by atoms with van der Waals surface area (Å²) in [4.78, 5) is 34.5. The van der Waals surface area contributed by atoms with Crippen LogP contribution in [0.4, 0.5) is 0 Å². The summed E-state index contributed by atoms with van der Waals surface area (Å²) >= 11 is 0. The van der Waals surface area contributed by atoms with Gasteiger partial charge in [-0.05, 0) is 51.4 Å². The fourth-order valence-electron chi connectivity index (χ4n) is 5.93. The van der Waals surface area contributed by atoms with Crippen molar-refractivity contribution in [3.05, 3.63) is 48.6 Å². The van der Waals surface area contributed by atoms with E-state index in [0.717, 1.165) is 70.6 Å². The van der Waals surface area contributed by atoms with Crippen molar-refractivity contribution in [1.82, 2.24) is 0 Å². The molecule has 0 aliphatic heterocycles. The van der Waals surface area contributed by atoms with Crippen molar-refractivity contribution in [2.45, 2.75) is 199 Å². The minimum atomic E-state index is -4.64. The molecule has 0 saturated carbocycles. The van der Waals surface area contributed by atoms with E-state index in [-0.39, 0.29) is 12.8 Å². The first-order chi connectivity index (χ1) is 27.3. The van der Waals surface area contributed by atoms with Gasteiger partial charge >= 0.3 is 19.8 Å². The average molecular weight is 813 g/mol. The molecule has 0 amide bonds. The van der Waals surface area contributed by atoms with Crippen LogP contribution in [0.3, 0.4) is 0 Å². The fourth-order valence-corrected chi connectivity index (χ4v) is 6.71. The maximum absolute atomic E-state index is 12.4. The highest BCUT2D eigenvalue weighted by molar-refractivity contribution is 7.47. The molecule has 0 rings (SSSR count). The fraction of sp³-hybridized carbons (Fsp3) is 0.778. The van der Waals surface area contributed by atoms with Gasteiger partial charge in [-0.3, -0.25) is 18.6 Å². The molecule has 0 aliphatic rings. The van der Waals surface area contributed by atoms with Crippen molar-refractivity contribution in [3.8, 4) is 0 Å². The number of hydrogen-bond donors (Lipinski definition) is 3. The van der Waals surface area contributed by atoms with Crippen molar-refractivity contribution < 1.29 is 47.8 Å². The highest BCUT2D eigenvalue weighted by Crippen LogP contribution is 2.43. The third-order valence-electron chi connectivity index (χ3n) is 9.31. The van der Waals surface area contributed by atoms with Crippen LogP contribution in [-0.4, -0.2) is 65.7 Å². The standard InChI is InChI=1S/C45H81O10P/c1-3-5-7-9-11-13-15-17-18-19-20-21-22-23-24-25-27-29-31-33-35-37-45(49)55-43(39-47)41-53-56(50,51)52-40-42(38-46)54-44(48)36-34-32-30-28-26-16-14-12-10-8-6-4-2/h5,7,11,13,17-18,20-21,42-43,46-47H,3-4,6,8-10,12,14-16,19,22-41H2,1-2H3,(H,50,51)/b7-5-,13-11-,18-17-,21-20-. The molecule has 0 bridgehead atoms. The first-order valence-corrected chi connectivity index (χ1v) is 23.6. The molecule has 0 aromatic rings. The van der Waals surface area contributed by atoms with Gasteiger partial charge in [-0.2, -0.15) is 0 Å². The van der Waals surface area contributed by atoms with Gasteiger partial charge in [0.15, 0.2) is 0 Å². The first kappa shape index (κ1) is 53.9.